The Hall–Kier alpha value is -2.14. The molecule has 0 unspecified atom stereocenters. The van der Waals surface area contributed by atoms with Gasteiger partial charge in [0, 0.05) is 23.0 Å². The summed E-state index contributed by atoms with van der Waals surface area (Å²) >= 11 is 4.97. The van der Waals surface area contributed by atoms with Gasteiger partial charge >= 0.3 is 0 Å². The van der Waals surface area contributed by atoms with Crippen molar-refractivity contribution in [3.63, 3.8) is 0 Å². The Morgan fingerprint density at radius 1 is 1.26 bits per heavy atom. The monoisotopic (exact) mass is 276 g/mol. The molecule has 0 aliphatic heterocycles. The molecule has 5 heteroatoms. The van der Waals surface area contributed by atoms with Gasteiger partial charge in [-0.2, -0.15) is 0 Å². The molecule has 0 fully saturated rings. The van der Waals surface area contributed by atoms with Crippen molar-refractivity contribution in [2.75, 3.05) is 12.4 Å². The standard InChI is InChI=1S/C14H13FN2OS/c1-18-13-7-6-9(8-11(13)15)17-12-5-3-2-4-10(12)14(16)19/h2-8,17H,1H3,(H2,16,19). The van der Waals surface area contributed by atoms with Gasteiger partial charge in [0.25, 0.3) is 0 Å². The molecule has 0 radical (unpaired) electrons. The second kappa shape index (κ2) is 5.67. The van der Waals surface area contributed by atoms with Crippen molar-refractivity contribution in [3.05, 3.63) is 53.8 Å². The molecule has 0 aliphatic carbocycles. The molecule has 0 spiro atoms. The van der Waals surface area contributed by atoms with E-state index in [-0.39, 0.29) is 10.7 Å². The summed E-state index contributed by atoms with van der Waals surface area (Å²) in [5.74, 6) is -0.228. The van der Waals surface area contributed by atoms with Crippen LogP contribution in [0.5, 0.6) is 5.75 Å². The molecule has 2 aromatic carbocycles. The fraction of sp³-hybridized carbons (Fsp3) is 0.0714. The molecule has 0 saturated heterocycles. The lowest BCUT2D eigenvalue weighted by Gasteiger charge is -2.12. The van der Waals surface area contributed by atoms with Crippen LogP contribution in [0.3, 0.4) is 0 Å². The molecule has 0 bridgehead atoms. The van der Waals surface area contributed by atoms with E-state index in [0.29, 0.717) is 11.3 Å². The normalized spacial score (nSPS) is 10.0. The van der Waals surface area contributed by atoms with Crippen LogP contribution in [0.4, 0.5) is 15.8 Å². The number of halogens is 1. The lowest BCUT2D eigenvalue weighted by molar-refractivity contribution is 0.386. The van der Waals surface area contributed by atoms with Crippen molar-refractivity contribution in [1.82, 2.24) is 0 Å². The summed E-state index contributed by atoms with van der Waals surface area (Å²) in [5.41, 5.74) is 7.69. The summed E-state index contributed by atoms with van der Waals surface area (Å²) in [7, 11) is 1.42. The fourth-order valence-corrected chi connectivity index (χ4v) is 1.88. The van der Waals surface area contributed by atoms with Crippen molar-refractivity contribution in [3.8, 4) is 5.75 Å². The van der Waals surface area contributed by atoms with Crippen molar-refractivity contribution in [2.24, 2.45) is 5.73 Å². The summed E-state index contributed by atoms with van der Waals surface area (Å²) in [4.78, 5) is 0.289. The van der Waals surface area contributed by atoms with Gasteiger partial charge in [0.1, 0.15) is 4.99 Å². The van der Waals surface area contributed by atoms with Crippen molar-refractivity contribution >= 4 is 28.6 Å². The van der Waals surface area contributed by atoms with Gasteiger partial charge < -0.3 is 15.8 Å². The lowest BCUT2D eigenvalue weighted by atomic mass is 10.1. The molecule has 3 N–H and O–H groups in total. The number of benzene rings is 2. The van der Waals surface area contributed by atoms with E-state index in [4.69, 9.17) is 22.7 Å². The number of anilines is 2. The molecule has 19 heavy (non-hydrogen) atoms. The molecule has 2 rings (SSSR count). The van der Waals surface area contributed by atoms with Gasteiger partial charge in [0.05, 0.1) is 7.11 Å². The van der Waals surface area contributed by atoms with Crippen LogP contribution in [-0.4, -0.2) is 12.1 Å². The Bertz CT molecular complexity index is 616. The van der Waals surface area contributed by atoms with E-state index in [9.17, 15) is 4.39 Å². The summed E-state index contributed by atoms with van der Waals surface area (Å²) in [5, 5.41) is 3.08. The molecule has 0 aliphatic rings. The number of thiocarbonyl (C=S) groups is 1. The van der Waals surface area contributed by atoms with Gasteiger partial charge in [-0.15, -0.1) is 0 Å². The minimum Gasteiger partial charge on any atom is -0.494 e. The number of methoxy groups -OCH3 is 1. The maximum Gasteiger partial charge on any atom is 0.167 e. The van der Waals surface area contributed by atoms with Gasteiger partial charge in [-0.3, -0.25) is 0 Å². The second-order valence-electron chi connectivity index (χ2n) is 3.88. The molecule has 0 heterocycles. The molecule has 0 amide bonds. The Morgan fingerprint density at radius 3 is 2.63 bits per heavy atom. The van der Waals surface area contributed by atoms with Crippen LogP contribution in [0, 0.1) is 5.82 Å². The highest BCUT2D eigenvalue weighted by molar-refractivity contribution is 7.80. The van der Waals surface area contributed by atoms with Gasteiger partial charge in [-0.05, 0) is 24.3 Å². The molecular weight excluding hydrogens is 263 g/mol. The number of hydrogen-bond acceptors (Lipinski definition) is 3. The van der Waals surface area contributed by atoms with Crippen molar-refractivity contribution < 1.29 is 9.13 Å². The molecular formula is C14H13FN2OS. The zero-order chi connectivity index (χ0) is 13.8. The Balaban J connectivity index is 2.31. The zero-order valence-corrected chi connectivity index (χ0v) is 11.1. The first-order chi connectivity index (χ1) is 9.11. The third-order valence-corrected chi connectivity index (χ3v) is 2.84. The summed E-state index contributed by atoms with van der Waals surface area (Å²) in [6.45, 7) is 0. The summed E-state index contributed by atoms with van der Waals surface area (Å²) in [6, 6.07) is 12.0. The molecule has 3 nitrogen and oxygen atoms in total. The van der Waals surface area contributed by atoms with Crippen LogP contribution in [0.25, 0.3) is 0 Å². The molecule has 0 atom stereocenters. The quantitative estimate of drug-likeness (QED) is 0.842. The predicted octanol–water partition coefficient (Wildman–Crippen LogP) is 3.21. The van der Waals surface area contributed by atoms with E-state index in [1.807, 2.05) is 24.3 Å². The van der Waals surface area contributed by atoms with Gasteiger partial charge in [-0.25, -0.2) is 4.39 Å². The number of hydrogen-bond donors (Lipinski definition) is 2. The topological polar surface area (TPSA) is 47.3 Å². The van der Waals surface area contributed by atoms with Gasteiger partial charge in [0.2, 0.25) is 0 Å². The minimum absolute atomic E-state index is 0.202. The first kappa shape index (κ1) is 13.3. The first-order valence-electron chi connectivity index (χ1n) is 5.61. The average Bonchev–Trinajstić information content (AvgIpc) is 2.39. The van der Waals surface area contributed by atoms with E-state index < -0.39 is 5.82 Å². The lowest BCUT2D eigenvalue weighted by Crippen LogP contribution is -2.11. The SMILES string of the molecule is COc1ccc(Nc2ccccc2C(N)=S)cc1F. The second-order valence-corrected chi connectivity index (χ2v) is 4.32. The fourth-order valence-electron chi connectivity index (χ4n) is 1.71. The van der Waals surface area contributed by atoms with Crippen LogP contribution in [0.2, 0.25) is 0 Å². The van der Waals surface area contributed by atoms with Crippen LogP contribution >= 0.6 is 12.2 Å². The largest absolute Gasteiger partial charge is 0.494 e. The Kier molecular flexibility index (Phi) is 3.97. The van der Waals surface area contributed by atoms with Crippen molar-refractivity contribution in [2.45, 2.75) is 0 Å². The van der Waals surface area contributed by atoms with E-state index in [2.05, 4.69) is 5.32 Å². The minimum atomic E-state index is -0.430. The van der Waals surface area contributed by atoms with Crippen molar-refractivity contribution in [1.29, 1.82) is 0 Å². The highest BCUT2D eigenvalue weighted by Gasteiger charge is 2.07. The molecule has 98 valence electrons. The number of para-hydroxylation sites is 1. The Labute approximate surface area is 116 Å². The smallest absolute Gasteiger partial charge is 0.167 e. The zero-order valence-electron chi connectivity index (χ0n) is 10.3. The third-order valence-electron chi connectivity index (χ3n) is 2.62. The number of rotatable bonds is 4. The third kappa shape index (κ3) is 3.00. The number of nitrogens with two attached hydrogens (primary N) is 1. The molecule has 0 saturated carbocycles. The van der Waals surface area contributed by atoms with Crippen LogP contribution in [0.1, 0.15) is 5.56 Å². The first-order valence-corrected chi connectivity index (χ1v) is 6.02. The average molecular weight is 276 g/mol. The molecule has 0 aromatic heterocycles. The van der Waals surface area contributed by atoms with Crippen LogP contribution < -0.4 is 15.8 Å². The van der Waals surface area contributed by atoms with Gasteiger partial charge in [0.15, 0.2) is 11.6 Å². The van der Waals surface area contributed by atoms with E-state index >= 15 is 0 Å². The summed E-state index contributed by atoms with van der Waals surface area (Å²) < 4.78 is 18.5. The maximum absolute atomic E-state index is 13.6. The maximum atomic E-state index is 13.6. The van der Waals surface area contributed by atoms with E-state index in [1.54, 1.807) is 12.1 Å². The van der Waals surface area contributed by atoms with Crippen LogP contribution in [-0.2, 0) is 0 Å². The Morgan fingerprint density at radius 2 is 2.00 bits per heavy atom. The summed E-state index contributed by atoms with van der Waals surface area (Å²) in [6.07, 6.45) is 0. The van der Waals surface area contributed by atoms with Gasteiger partial charge in [-0.1, -0.05) is 24.4 Å². The number of ether oxygens (including phenoxy) is 1. The van der Waals surface area contributed by atoms with E-state index in [0.717, 1.165) is 5.69 Å². The predicted molar refractivity (Wildman–Crippen MR) is 78.6 cm³/mol. The highest BCUT2D eigenvalue weighted by Crippen LogP contribution is 2.25. The number of nitrogens with one attached hydrogen (secondary N) is 1. The molecule has 2 aromatic rings. The highest BCUT2D eigenvalue weighted by atomic mass is 32.1. The van der Waals surface area contributed by atoms with Crippen LogP contribution in [0.15, 0.2) is 42.5 Å². The van der Waals surface area contributed by atoms with E-state index in [1.165, 1.54) is 13.2 Å².